The molecular formula is C15H22N2O3. The zero-order valence-corrected chi connectivity index (χ0v) is 11.6. The van der Waals surface area contributed by atoms with Gasteiger partial charge in [-0.25, -0.2) is 0 Å². The van der Waals surface area contributed by atoms with Gasteiger partial charge < -0.3 is 20.4 Å². The lowest BCUT2D eigenvalue weighted by Crippen LogP contribution is -2.48. The van der Waals surface area contributed by atoms with E-state index in [0.29, 0.717) is 32.1 Å². The van der Waals surface area contributed by atoms with Gasteiger partial charge in [-0.15, -0.1) is 0 Å². The van der Waals surface area contributed by atoms with Crippen molar-refractivity contribution >= 4 is 5.84 Å². The van der Waals surface area contributed by atoms with E-state index >= 15 is 0 Å². The molecule has 0 spiro atoms. The SMILES string of the molecule is N/C(CCCc1ccccc1)=N/OCC1(CO)COC1. The second kappa shape index (κ2) is 7.26. The highest BCUT2D eigenvalue weighted by Crippen LogP contribution is 2.26. The highest BCUT2D eigenvalue weighted by atomic mass is 16.6. The first kappa shape index (κ1) is 14.8. The zero-order valence-electron chi connectivity index (χ0n) is 11.6. The first-order valence-electron chi connectivity index (χ1n) is 6.91. The van der Waals surface area contributed by atoms with Crippen molar-refractivity contribution < 1.29 is 14.7 Å². The van der Waals surface area contributed by atoms with Gasteiger partial charge >= 0.3 is 0 Å². The molecule has 1 aliphatic heterocycles. The van der Waals surface area contributed by atoms with Crippen molar-refractivity contribution in [3.8, 4) is 0 Å². The molecule has 0 bridgehead atoms. The number of rotatable bonds is 8. The summed E-state index contributed by atoms with van der Waals surface area (Å²) in [6.45, 7) is 1.44. The van der Waals surface area contributed by atoms with Crippen molar-refractivity contribution in [1.82, 2.24) is 0 Å². The Kier molecular flexibility index (Phi) is 5.38. The van der Waals surface area contributed by atoms with Crippen LogP contribution < -0.4 is 5.73 Å². The molecule has 0 aliphatic carbocycles. The molecule has 1 aliphatic rings. The van der Waals surface area contributed by atoms with Gasteiger partial charge in [0.05, 0.1) is 25.2 Å². The Morgan fingerprint density at radius 1 is 1.35 bits per heavy atom. The van der Waals surface area contributed by atoms with E-state index in [2.05, 4.69) is 17.3 Å². The van der Waals surface area contributed by atoms with Crippen LogP contribution in [0.25, 0.3) is 0 Å². The number of ether oxygens (including phenoxy) is 1. The molecular weight excluding hydrogens is 256 g/mol. The van der Waals surface area contributed by atoms with E-state index in [9.17, 15) is 5.11 Å². The predicted molar refractivity (Wildman–Crippen MR) is 77.3 cm³/mol. The fourth-order valence-electron chi connectivity index (χ4n) is 2.03. The summed E-state index contributed by atoms with van der Waals surface area (Å²) in [6, 6.07) is 10.3. The Balaban J connectivity index is 1.64. The minimum absolute atomic E-state index is 0.0520. The van der Waals surface area contributed by atoms with E-state index in [1.165, 1.54) is 5.56 Å². The minimum atomic E-state index is -0.284. The first-order valence-corrected chi connectivity index (χ1v) is 6.91. The lowest BCUT2D eigenvalue weighted by Gasteiger charge is -2.38. The van der Waals surface area contributed by atoms with Crippen LogP contribution in [0.3, 0.4) is 0 Å². The molecule has 1 fully saturated rings. The predicted octanol–water partition coefficient (Wildman–Crippen LogP) is 1.31. The minimum Gasteiger partial charge on any atom is -0.395 e. The van der Waals surface area contributed by atoms with Gasteiger partial charge in [0.1, 0.15) is 12.4 Å². The van der Waals surface area contributed by atoms with Crippen molar-refractivity contribution in [2.75, 3.05) is 26.4 Å². The smallest absolute Gasteiger partial charge is 0.139 e. The summed E-state index contributed by atoms with van der Waals surface area (Å²) in [6.07, 6.45) is 2.62. The number of nitrogens with two attached hydrogens (primary N) is 1. The van der Waals surface area contributed by atoms with Crippen LogP contribution in [-0.2, 0) is 16.0 Å². The van der Waals surface area contributed by atoms with Crippen molar-refractivity contribution in [1.29, 1.82) is 0 Å². The highest BCUT2D eigenvalue weighted by molar-refractivity contribution is 5.79. The molecule has 0 atom stereocenters. The van der Waals surface area contributed by atoms with Gasteiger partial charge in [0.2, 0.25) is 0 Å². The highest BCUT2D eigenvalue weighted by Gasteiger charge is 2.39. The molecule has 0 amide bonds. The molecule has 1 heterocycles. The molecule has 0 unspecified atom stereocenters. The van der Waals surface area contributed by atoms with Gasteiger partial charge in [-0.1, -0.05) is 35.5 Å². The lowest BCUT2D eigenvalue weighted by atomic mass is 9.88. The molecule has 5 nitrogen and oxygen atoms in total. The number of aliphatic hydroxyl groups is 1. The van der Waals surface area contributed by atoms with Crippen molar-refractivity contribution in [3.63, 3.8) is 0 Å². The van der Waals surface area contributed by atoms with Crippen LogP contribution in [-0.4, -0.2) is 37.4 Å². The Labute approximate surface area is 119 Å². The van der Waals surface area contributed by atoms with Crippen LogP contribution in [0.1, 0.15) is 18.4 Å². The molecule has 3 N–H and O–H groups in total. The normalized spacial score (nSPS) is 17.6. The van der Waals surface area contributed by atoms with Crippen LogP contribution >= 0.6 is 0 Å². The number of oxime groups is 1. The molecule has 5 heteroatoms. The maximum absolute atomic E-state index is 9.23. The van der Waals surface area contributed by atoms with E-state index in [1.54, 1.807) is 0 Å². The summed E-state index contributed by atoms with van der Waals surface area (Å²) >= 11 is 0. The largest absolute Gasteiger partial charge is 0.395 e. The average Bonchev–Trinajstić information content (AvgIpc) is 2.43. The van der Waals surface area contributed by atoms with E-state index in [4.69, 9.17) is 15.3 Å². The lowest BCUT2D eigenvalue weighted by molar-refractivity contribution is -0.168. The Hall–Kier alpha value is -1.59. The van der Waals surface area contributed by atoms with Gasteiger partial charge in [-0.05, 0) is 18.4 Å². The fraction of sp³-hybridized carbons (Fsp3) is 0.533. The van der Waals surface area contributed by atoms with Crippen molar-refractivity contribution in [2.45, 2.75) is 19.3 Å². The standard InChI is InChI=1S/C15H22N2O3/c16-14(8-4-7-13-5-2-1-3-6-13)17-20-12-15(9-18)10-19-11-15/h1-3,5-6,18H,4,7-12H2,(H2,16,17). The molecule has 20 heavy (non-hydrogen) atoms. The van der Waals surface area contributed by atoms with Crippen molar-refractivity contribution in [3.05, 3.63) is 35.9 Å². The first-order chi connectivity index (χ1) is 9.74. The number of amidine groups is 1. The summed E-state index contributed by atoms with van der Waals surface area (Å²) < 4.78 is 5.08. The van der Waals surface area contributed by atoms with Crippen LogP contribution in [0, 0.1) is 5.41 Å². The molecule has 1 saturated heterocycles. The van der Waals surface area contributed by atoms with E-state index in [0.717, 1.165) is 12.8 Å². The topological polar surface area (TPSA) is 77.1 Å². The third kappa shape index (κ3) is 4.21. The van der Waals surface area contributed by atoms with Crippen LogP contribution in [0.5, 0.6) is 0 Å². The third-order valence-electron chi connectivity index (χ3n) is 3.45. The Bertz CT molecular complexity index is 424. The van der Waals surface area contributed by atoms with Crippen molar-refractivity contribution in [2.24, 2.45) is 16.3 Å². The molecule has 2 rings (SSSR count). The fourth-order valence-corrected chi connectivity index (χ4v) is 2.03. The summed E-state index contributed by atoms with van der Waals surface area (Å²) in [5.41, 5.74) is 6.81. The van der Waals surface area contributed by atoms with Crippen LogP contribution in [0.2, 0.25) is 0 Å². The molecule has 0 aromatic heterocycles. The number of aliphatic hydroxyl groups excluding tert-OH is 1. The summed E-state index contributed by atoms with van der Waals surface area (Å²) in [5.74, 6) is 0.495. The zero-order chi connectivity index (χ0) is 14.3. The number of hydrogen-bond acceptors (Lipinski definition) is 4. The molecule has 1 aromatic carbocycles. The molecule has 1 aromatic rings. The number of hydrogen-bond donors (Lipinski definition) is 2. The number of nitrogens with zero attached hydrogens (tertiary/aromatic N) is 1. The van der Waals surface area contributed by atoms with Crippen LogP contribution in [0.4, 0.5) is 0 Å². The van der Waals surface area contributed by atoms with Gasteiger partial charge in [-0.2, -0.15) is 0 Å². The monoisotopic (exact) mass is 278 g/mol. The van der Waals surface area contributed by atoms with E-state index in [-0.39, 0.29) is 12.0 Å². The second-order valence-electron chi connectivity index (χ2n) is 5.35. The summed E-state index contributed by atoms with van der Waals surface area (Å²) in [7, 11) is 0. The van der Waals surface area contributed by atoms with Gasteiger partial charge in [0.15, 0.2) is 0 Å². The number of benzene rings is 1. The Morgan fingerprint density at radius 3 is 2.70 bits per heavy atom. The van der Waals surface area contributed by atoms with Gasteiger partial charge in [0.25, 0.3) is 0 Å². The summed E-state index contributed by atoms with van der Waals surface area (Å²) in [4.78, 5) is 5.22. The maximum atomic E-state index is 9.23. The summed E-state index contributed by atoms with van der Waals surface area (Å²) in [5, 5.41) is 13.1. The molecule has 110 valence electrons. The third-order valence-corrected chi connectivity index (χ3v) is 3.45. The molecule has 0 radical (unpaired) electrons. The Morgan fingerprint density at radius 2 is 2.10 bits per heavy atom. The van der Waals surface area contributed by atoms with Gasteiger partial charge in [-0.3, -0.25) is 0 Å². The van der Waals surface area contributed by atoms with E-state index in [1.807, 2.05) is 18.2 Å². The second-order valence-corrected chi connectivity index (χ2v) is 5.35. The number of aryl methyl sites for hydroxylation is 1. The van der Waals surface area contributed by atoms with E-state index < -0.39 is 0 Å². The quantitative estimate of drug-likeness (QED) is 0.427. The maximum Gasteiger partial charge on any atom is 0.139 e. The average molecular weight is 278 g/mol. The van der Waals surface area contributed by atoms with Crippen LogP contribution in [0.15, 0.2) is 35.5 Å². The molecule has 0 saturated carbocycles. The van der Waals surface area contributed by atoms with Gasteiger partial charge in [0, 0.05) is 6.42 Å².